The molecule has 0 spiro atoms. The molecule has 0 aromatic heterocycles. The Bertz CT molecular complexity index is 214. The molecule has 1 amide bonds. The molecule has 1 aliphatic carbocycles. The molecule has 2 N–H and O–H groups in total. The van der Waals surface area contributed by atoms with Crippen LogP contribution in [-0.4, -0.2) is 23.7 Å². The molecule has 3 heteroatoms. The fraction of sp³-hybridized carbons (Fsp3) is 0.923. The first-order valence-electron chi connectivity index (χ1n) is 6.64. The van der Waals surface area contributed by atoms with Crippen molar-refractivity contribution in [2.45, 2.75) is 58.5 Å². The third-order valence-corrected chi connectivity index (χ3v) is 3.42. The van der Waals surface area contributed by atoms with Gasteiger partial charge in [0.05, 0.1) is 6.10 Å². The van der Waals surface area contributed by atoms with Crippen molar-refractivity contribution in [2.24, 2.45) is 11.8 Å². The van der Waals surface area contributed by atoms with Crippen molar-refractivity contribution in [3.8, 4) is 0 Å². The van der Waals surface area contributed by atoms with Crippen LogP contribution in [0.1, 0.15) is 52.4 Å². The summed E-state index contributed by atoms with van der Waals surface area (Å²) in [6, 6.07) is 0. The van der Waals surface area contributed by atoms with Crippen molar-refractivity contribution >= 4 is 5.91 Å². The van der Waals surface area contributed by atoms with Crippen LogP contribution in [0.5, 0.6) is 0 Å². The number of aliphatic hydroxyl groups is 1. The lowest BCUT2D eigenvalue weighted by molar-refractivity contribution is -0.125. The van der Waals surface area contributed by atoms with Gasteiger partial charge in [-0.2, -0.15) is 0 Å². The zero-order chi connectivity index (χ0) is 12.0. The average Bonchev–Trinajstić information content (AvgIpc) is 3.10. The molecule has 0 aromatic carbocycles. The number of rotatable bonds is 8. The van der Waals surface area contributed by atoms with Gasteiger partial charge in [-0.25, -0.2) is 0 Å². The Morgan fingerprint density at radius 2 is 2.12 bits per heavy atom. The van der Waals surface area contributed by atoms with Crippen LogP contribution in [-0.2, 0) is 4.79 Å². The van der Waals surface area contributed by atoms with Gasteiger partial charge < -0.3 is 10.4 Å². The molecule has 0 heterocycles. The van der Waals surface area contributed by atoms with E-state index in [1.54, 1.807) is 0 Å². The minimum Gasteiger partial charge on any atom is -0.391 e. The van der Waals surface area contributed by atoms with Crippen molar-refractivity contribution in [3.63, 3.8) is 0 Å². The molecule has 0 saturated heterocycles. The fourth-order valence-electron chi connectivity index (χ4n) is 1.97. The molecule has 16 heavy (non-hydrogen) atoms. The minimum absolute atomic E-state index is 0.121. The summed E-state index contributed by atoms with van der Waals surface area (Å²) in [5, 5.41) is 12.5. The number of hydrogen-bond acceptors (Lipinski definition) is 2. The largest absolute Gasteiger partial charge is 0.391 e. The summed E-state index contributed by atoms with van der Waals surface area (Å²) in [6.07, 6.45) is 6.01. The molecule has 0 bridgehead atoms. The van der Waals surface area contributed by atoms with Crippen LogP contribution < -0.4 is 5.32 Å². The molecule has 0 aromatic rings. The van der Waals surface area contributed by atoms with Crippen molar-refractivity contribution in [1.29, 1.82) is 0 Å². The molecule has 2 atom stereocenters. The summed E-state index contributed by atoms with van der Waals surface area (Å²) in [4.78, 5) is 11.8. The predicted octanol–water partition coefficient (Wildman–Crippen LogP) is 2.09. The third-order valence-electron chi connectivity index (χ3n) is 3.42. The molecule has 1 aliphatic rings. The summed E-state index contributed by atoms with van der Waals surface area (Å²) in [5.74, 6) is 0.693. The summed E-state index contributed by atoms with van der Waals surface area (Å²) >= 11 is 0. The van der Waals surface area contributed by atoms with Crippen LogP contribution in [0.4, 0.5) is 0 Å². The Kier molecular flexibility index (Phi) is 5.81. The highest BCUT2D eigenvalue weighted by molar-refractivity contribution is 5.78. The van der Waals surface area contributed by atoms with Gasteiger partial charge in [-0.1, -0.05) is 26.7 Å². The van der Waals surface area contributed by atoms with E-state index < -0.39 is 0 Å². The summed E-state index contributed by atoms with van der Waals surface area (Å²) in [5.41, 5.74) is 0. The first kappa shape index (κ1) is 13.5. The molecule has 0 radical (unpaired) electrons. The molecular formula is C13H25NO2. The van der Waals surface area contributed by atoms with E-state index in [4.69, 9.17) is 0 Å². The Hall–Kier alpha value is -0.570. The maximum atomic E-state index is 11.8. The number of nitrogens with one attached hydrogen (secondary N) is 1. The Morgan fingerprint density at radius 3 is 2.62 bits per heavy atom. The van der Waals surface area contributed by atoms with Crippen molar-refractivity contribution in [2.75, 3.05) is 6.54 Å². The SMILES string of the molecule is CCCCC(CC)C(=O)NCC(O)C1CC1. The molecule has 1 fully saturated rings. The van der Waals surface area contributed by atoms with Gasteiger partial charge in [0.15, 0.2) is 0 Å². The highest BCUT2D eigenvalue weighted by Gasteiger charge is 2.30. The van der Waals surface area contributed by atoms with Gasteiger partial charge in [-0.3, -0.25) is 4.79 Å². The smallest absolute Gasteiger partial charge is 0.223 e. The second-order valence-electron chi connectivity index (χ2n) is 4.90. The molecule has 0 aliphatic heterocycles. The molecule has 1 rings (SSSR count). The standard InChI is InChI=1S/C13H25NO2/c1-3-5-6-10(4-2)13(16)14-9-12(15)11-7-8-11/h10-12,15H,3-9H2,1-2H3,(H,14,16). The van der Waals surface area contributed by atoms with E-state index in [-0.39, 0.29) is 17.9 Å². The number of carbonyl (C=O) groups excluding carboxylic acids is 1. The van der Waals surface area contributed by atoms with Crippen molar-refractivity contribution < 1.29 is 9.90 Å². The Morgan fingerprint density at radius 1 is 1.44 bits per heavy atom. The quantitative estimate of drug-likeness (QED) is 0.667. The molecular weight excluding hydrogens is 202 g/mol. The first-order chi connectivity index (χ1) is 7.69. The van der Waals surface area contributed by atoms with Gasteiger partial charge in [-0.15, -0.1) is 0 Å². The van der Waals surface area contributed by atoms with Crippen molar-refractivity contribution in [3.05, 3.63) is 0 Å². The van der Waals surface area contributed by atoms with Gasteiger partial charge in [0, 0.05) is 12.5 Å². The number of hydrogen-bond donors (Lipinski definition) is 2. The zero-order valence-electron chi connectivity index (χ0n) is 10.5. The van der Waals surface area contributed by atoms with E-state index in [1.807, 2.05) is 0 Å². The molecule has 1 saturated carbocycles. The van der Waals surface area contributed by atoms with Crippen LogP contribution in [0.2, 0.25) is 0 Å². The van der Waals surface area contributed by atoms with E-state index in [2.05, 4.69) is 19.2 Å². The van der Waals surface area contributed by atoms with Crippen molar-refractivity contribution in [1.82, 2.24) is 5.32 Å². The van der Waals surface area contributed by atoms with E-state index in [0.717, 1.165) is 38.5 Å². The second-order valence-corrected chi connectivity index (χ2v) is 4.90. The highest BCUT2D eigenvalue weighted by Crippen LogP contribution is 2.32. The third kappa shape index (κ3) is 4.52. The van der Waals surface area contributed by atoms with Gasteiger partial charge in [0.2, 0.25) is 5.91 Å². The van der Waals surface area contributed by atoms with Gasteiger partial charge >= 0.3 is 0 Å². The van der Waals surface area contributed by atoms with Crippen LogP contribution in [0.3, 0.4) is 0 Å². The van der Waals surface area contributed by atoms with E-state index in [1.165, 1.54) is 0 Å². The van der Waals surface area contributed by atoms with Crippen LogP contribution >= 0.6 is 0 Å². The Labute approximate surface area is 98.6 Å². The van der Waals surface area contributed by atoms with Crippen LogP contribution in [0.15, 0.2) is 0 Å². The lowest BCUT2D eigenvalue weighted by Gasteiger charge is -2.16. The summed E-state index contributed by atoms with van der Waals surface area (Å²) < 4.78 is 0. The average molecular weight is 227 g/mol. The molecule has 2 unspecified atom stereocenters. The first-order valence-corrected chi connectivity index (χ1v) is 6.64. The van der Waals surface area contributed by atoms with E-state index in [9.17, 15) is 9.90 Å². The number of unbranched alkanes of at least 4 members (excludes halogenated alkanes) is 1. The lowest BCUT2D eigenvalue weighted by atomic mass is 9.98. The number of amides is 1. The van der Waals surface area contributed by atoms with Crippen LogP contribution in [0.25, 0.3) is 0 Å². The number of carbonyl (C=O) groups is 1. The number of aliphatic hydroxyl groups excluding tert-OH is 1. The lowest BCUT2D eigenvalue weighted by Crippen LogP contribution is -2.37. The molecule has 3 nitrogen and oxygen atoms in total. The summed E-state index contributed by atoms with van der Waals surface area (Å²) in [7, 11) is 0. The second kappa shape index (κ2) is 6.89. The summed E-state index contributed by atoms with van der Waals surface area (Å²) in [6.45, 7) is 4.63. The zero-order valence-corrected chi connectivity index (χ0v) is 10.5. The molecule has 94 valence electrons. The topological polar surface area (TPSA) is 49.3 Å². The van der Waals surface area contributed by atoms with Crippen LogP contribution in [0, 0.1) is 11.8 Å². The Balaban J connectivity index is 2.19. The minimum atomic E-state index is -0.326. The predicted molar refractivity (Wildman–Crippen MR) is 65.0 cm³/mol. The monoisotopic (exact) mass is 227 g/mol. The van der Waals surface area contributed by atoms with E-state index >= 15 is 0 Å². The maximum Gasteiger partial charge on any atom is 0.223 e. The van der Waals surface area contributed by atoms with Gasteiger partial charge in [-0.05, 0) is 31.6 Å². The van der Waals surface area contributed by atoms with Gasteiger partial charge in [0.1, 0.15) is 0 Å². The van der Waals surface area contributed by atoms with Gasteiger partial charge in [0.25, 0.3) is 0 Å². The fourth-order valence-corrected chi connectivity index (χ4v) is 1.97. The maximum absolute atomic E-state index is 11.8. The normalized spacial score (nSPS) is 19.2. The highest BCUT2D eigenvalue weighted by atomic mass is 16.3. The van der Waals surface area contributed by atoms with E-state index in [0.29, 0.717) is 12.5 Å².